The molecule has 10 nitrogen and oxygen atoms in total. The Balaban J connectivity index is 4.69. The Morgan fingerprint density at radius 3 is 1.90 bits per heavy atom. The zero-order valence-corrected chi connectivity index (χ0v) is 12.1. The Morgan fingerprint density at radius 1 is 1.10 bits per heavy atom. The van der Waals surface area contributed by atoms with Crippen LogP contribution in [0.3, 0.4) is 0 Å². The third-order valence-corrected chi connectivity index (χ3v) is 4.79. The summed E-state index contributed by atoms with van der Waals surface area (Å²) in [6, 6.07) is 0. The first kappa shape index (κ1) is 20.8. The van der Waals surface area contributed by atoms with E-state index in [1.807, 2.05) is 0 Å². The molecule has 0 aliphatic heterocycles. The van der Waals surface area contributed by atoms with Crippen molar-refractivity contribution in [2.24, 2.45) is 0 Å². The molecule has 0 fully saturated rings. The molecule has 7 N–H and O–H groups in total. The van der Waals surface area contributed by atoms with Gasteiger partial charge in [-0.1, -0.05) is 0 Å². The van der Waals surface area contributed by atoms with Gasteiger partial charge < -0.3 is 0 Å². The molecule has 0 aromatic rings. The van der Waals surface area contributed by atoms with Crippen molar-refractivity contribution in [2.75, 3.05) is 6.61 Å². The SMILES string of the molecule is O=C(O)CC(O)(CCO[PH](O)(O)O[PH](O)(O)O)C(F)(F)F. The van der Waals surface area contributed by atoms with E-state index < -0.39 is 53.5 Å². The van der Waals surface area contributed by atoms with Crippen LogP contribution in [0.5, 0.6) is 0 Å². The summed E-state index contributed by atoms with van der Waals surface area (Å²) >= 11 is 0. The van der Waals surface area contributed by atoms with Crippen molar-refractivity contribution in [1.82, 2.24) is 0 Å². The fourth-order valence-electron chi connectivity index (χ4n) is 1.14. The first-order chi connectivity index (χ1) is 9.08. The van der Waals surface area contributed by atoms with Gasteiger partial charge in [-0.25, -0.2) is 0 Å². The van der Waals surface area contributed by atoms with Gasteiger partial charge in [-0.15, -0.1) is 0 Å². The number of hydrogen-bond acceptors (Lipinski definition) is 9. The van der Waals surface area contributed by atoms with Crippen LogP contribution in [0.25, 0.3) is 0 Å². The number of rotatable bonds is 8. The molecular formula is C6H15F3O10P2. The summed E-state index contributed by atoms with van der Waals surface area (Å²) in [6.45, 7) is -1.24. The molecule has 0 saturated heterocycles. The molecule has 21 heavy (non-hydrogen) atoms. The van der Waals surface area contributed by atoms with Gasteiger partial charge in [-0.2, -0.15) is 0 Å². The second-order valence-corrected chi connectivity index (χ2v) is 7.27. The number of aliphatic hydroxyl groups is 1. The molecule has 1 atom stereocenters. The zero-order valence-electron chi connectivity index (χ0n) is 10.1. The average Bonchev–Trinajstić information content (AvgIpc) is 2.09. The summed E-state index contributed by atoms with van der Waals surface area (Å²) < 4.78 is 45.2. The van der Waals surface area contributed by atoms with Crippen LogP contribution in [0.4, 0.5) is 13.2 Å². The molecular weight excluding hydrogens is 351 g/mol. The number of aliphatic carboxylic acids is 1. The van der Waals surface area contributed by atoms with Crippen molar-refractivity contribution < 1.29 is 61.5 Å². The third kappa shape index (κ3) is 8.12. The second-order valence-electron chi connectivity index (χ2n) is 3.92. The van der Waals surface area contributed by atoms with Crippen LogP contribution in [0, 0.1) is 0 Å². The van der Waals surface area contributed by atoms with Gasteiger partial charge in [0.05, 0.1) is 0 Å². The Morgan fingerprint density at radius 2 is 1.57 bits per heavy atom. The standard InChI is InChI=1S/C6H15F3O10P2/c7-6(8,9)5(12,3-4(10)11)1-2-18-21(16,17)19-20(13,14)15/h12-17,20-21H,1-3H2,(H,10,11). The first-order valence-electron chi connectivity index (χ1n) is 5.05. The third-order valence-electron chi connectivity index (χ3n) is 2.05. The molecule has 0 heterocycles. The predicted molar refractivity (Wildman–Crippen MR) is 62.6 cm³/mol. The minimum absolute atomic E-state index is 1.24. The Kier molecular flexibility index (Phi) is 6.85. The summed E-state index contributed by atoms with van der Waals surface area (Å²) in [5.74, 6) is -1.96. The molecule has 0 aromatic heterocycles. The van der Waals surface area contributed by atoms with Crippen molar-refractivity contribution in [3.63, 3.8) is 0 Å². The summed E-state index contributed by atoms with van der Waals surface area (Å²) in [5, 5.41) is 17.5. The molecule has 0 spiro atoms. The van der Waals surface area contributed by atoms with Crippen LogP contribution >= 0.6 is 16.3 Å². The first-order valence-corrected chi connectivity index (χ1v) is 8.51. The van der Waals surface area contributed by atoms with Crippen LogP contribution in [-0.4, -0.2) is 59.0 Å². The number of carboxylic acids is 1. The zero-order chi connectivity index (χ0) is 17.1. The molecule has 0 aromatic carbocycles. The van der Waals surface area contributed by atoms with Gasteiger partial charge in [0.25, 0.3) is 0 Å². The van der Waals surface area contributed by atoms with Gasteiger partial charge in [0.15, 0.2) is 0 Å². The number of hydrogen-bond donors (Lipinski definition) is 7. The number of carboxylic acid groups (broad SMARTS) is 1. The topological polar surface area (TPSA) is 177 Å². The van der Waals surface area contributed by atoms with Gasteiger partial charge >= 0.3 is 115 Å². The van der Waals surface area contributed by atoms with E-state index in [9.17, 15) is 23.1 Å². The van der Waals surface area contributed by atoms with E-state index in [0.29, 0.717) is 0 Å². The van der Waals surface area contributed by atoms with Crippen molar-refractivity contribution in [2.45, 2.75) is 24.6 Å². The van der Waals surface area contributed by atoms with Gasteiger partial charge in [0, 0.05) is 0 Å². The quantitative estimate of drug-likeness (QED) is 0.263. The van der Waals surface area contributed by atoms with Gasteiger partial charge in [0.2, 0.25) is 0 Å². The molecule has 15 heteroatoms. The van der Waals surface area contributed by atoms with Gasteiger partial charge in [-0.05, 0) is 0 Å². The van der Waals surface area contributed by atoms with Crippen LogP contribution in [0.15, 0.2) is 0 Å². The molecule has 0 aliphatic rings. The van der Waals surface area contributed by atoms with Crippen LogP contribution in [-0.2, 0) is 13.6 Å². The molecule has 0 radical (unpaired) electrons. The Hall–Kier alpha value is -0.200. The predicted octanol–water partition coefficient (Wildman–Crippen LogP) is -1.04. The number of halogens is 3. The van der Waals surface area contributed by atoms with E-state index in [0.717, 1.165) is 0 Å². The number of carbonyl (C=O) groups is 1. The summed E-state index contributed by atoms with van der Waals surface area (Å²) in [6.07, 6.45) is -8.46. The number of alkyl halides is 3. The van der Waals surface area contributed by atoms with E-state index in [2.05, 4.69) is 8.83 Å². The fraction of sp³-hybridized carbons (Fsp3) is 0.833. The van der Waals surface area contributed by atoms with E-state index in [-0.39, 0.29) is 0 Å². The average molecular weight is 366 g/mol. The second kappa shape index (κ2) is 6.92. The molecule has 130 valence electrons. The molecule has 0 rings (SSSR count). The fourth-order valence-corrected chi connectivity index (χ4v) is 3.17. The van der Waals surface area contributed by atoms with Crippen LogP contribution < -0.4 is 0 Å². The van der Waals surface area contributed by atoms with Gasteiger partial charge in [0.1, 0.15) is 0 Å². The summed E-state index contributed by atoms with van der Waals surface area (Å²) in [5.41, 5.74) is -3.70. The molecule has 0 saturated carbocycles. The van der Waals surface area contributed by atoms with Crippen molar-refractivity contribution in [1.29, 1.82) is 0 Å². The van der Waals surface area contributed by atoms with Crippen LogP contribution in [0.2, 0.25) is 0 Å². The molecule has 0 amide bonds. The maximum atomic E-state index is 12.5. The van der Waals surface area contributed by atoms with Crippen molar-refractivity contribution >= 4 is 22.3 Å². The molecule has 0 bridgehead atoms. The van der Waals surface area contributed by atoms with E-state index in [1.54, 1.807) is 0 Å². The monoisotopic (exact) mass is 366 g/mol. The molecule has 1 unspecified atom stereocenters. The Labute approximate surface area is 116 Å². The van der Waals surface area contributed by atoms with Crippen LogP contribution in [0.1, 0.15) is 12.8 Å². The van der Waals surface area contributed by atoms with E-state index in [4.69, 9.17) is 29.6 Å². The van der Waals surface area contributed by atoms with E-state index >= 15 is 0 Å². The van der Waals surface area contributed by atoms with Crippen molar-refractivity contribution in [3.8, 4) is 0 Å². The summed E-state index contributed by atoms with van der Waals surface area (Å²) in [4.78, 5) is 53.5. The van der Waals surface area contributed by atoms with Crippen molar-refractivity contribution in [3.05, 3.63) is 0 Å². The van der Waals surface area contributed by atoms with E-state index in [1.165, 1.54) is 0 Å². The molecule has 0 aliphatic carbocycles. The Bertz CT molecular complexity index is 369. The normalized spacial score (nSPS) is 18.1. The van der Waals surface area contributed by atoms with Gasteiger partial charge in [-0.3, -0.25) is 0 Å². The summed E-state index contributed by atoms with van der Waals surface area (Å²) in [7, 11) is -10.7. The minimum atomic E-state index is -5.39. The maximum absolute atomic E-state index is 12.5.